The Morgan fingerprint density at radius 3 is 2.00 bits per heavy atom. The molecule has 0 aliphatic carbocycles. The van der Waals surface area contributed by atoms with Crippen LogP contribution < -0.4 is 0 Å². The van der Waals surface area contributed by atoms with Gasteiger partial charge in [-0.1, -0.05) is 115 Å². The Morgan fingerprint density at radius 1 is 0.471 bits per heavy atom. The first-order valence-corrected chi connectivity index (χ1v) is 15.8. The van der Waals surface area contributed by atoms with Crippen LogP contribution in [0.5, 0.6) is 0 Å². The molecule has 0 atom stereocenters. The summed E-state index contributed by atoms with van der Waals surface area (Å²) in [5, 5.41) is 0.627. The fraction of sp³-hybridized carbons (Fsp3) is 0. The molecule has 0 N–H and O–H groups in total. The molecule has 4 aromatic heterocycles. The van der Waals surface area contributed by atoms with Crippen molar-refractivity contribution in [1.29, 1.82) is 0 Å². The average molecular weight is 669 g/mol. The predicted octanol–water partition coefficient (Wildman–Crippen LogP) is 11.3. The molecule has 51 heavy (non-hydrogen) atoms. The molecular formula is C45H27N5O. The zero-order valence-electron chi connectivity index (χ0n) is 41.1. The van der Waals surface area contributed by atoms with E-state index in [9.17, 15) is 6.85 Å². The van der Waals surface area contributed by atoms with Crippen LogP contribution in [0.15, 0.2) is 168 Å². The zero-order valence-corrected chi connectivity index (χ0v) is 26.1. The van der Waals surface area contributed by atoms with E-state index < -0.39 is 102 Å². The third-order valence-electron chi connectivity index (χ3n) is 8.95. The van der Waals surface area contributed by atoms with Gasteiger partial charge in [-0.15, -0.1) is 0 Å². The fourth-order valence-corrected chi connectivity index (χ4v) is 6.78. The summed E-state index contributed by atoms with van der Waals surface area (Å²) >= 11 is 0. The summed E-state index contributed by atoms with van der Waals surface area (Å²) in [6.07, 6.45) is 0. The Hall–Kier alpha value is -7.05. The molecule has 7 aromatic carbocycles. The van der Waals surface area contributed by atoms with Crippen molar-refractivity contribution in [2.75, 3.05) is 0 Å². The van der Waals surface area contributed by atoms with E-state index in [1.807, 2.05) is 30.3 Å². The molecule has 0 spiro atoms. The number of nitrogens with zero attached hydrogens (tertiary/aromatic N) is 5. The molecule has 238 valence electrons. The lowest BCUT2D eigenvalue weighted by molar-refractivity contribution is 0.669. The molecule has 6 heteroatoms. The monoisotopic (exact) mass is 668 g/mol. The van der Waals surface area contributed by atoms with E-state index in [2.05, 4.69) is 0 Å². The van der Waals surface area contributed by atoms with Crippen molar-refractivity contribution in [3.8, 4) is 34.4 Å². The van der Waals surface area contributed by atoms with Crippen LogP contribution in [-0.2, 0) is 0 Å². The molecule has 0 amide bonds. The molecule has 4 heterocycles. The van der Waals surface area contributed by atoms with Crippen LogP contribution in [0.3, 0.4) is 0 Å². The molecule has 6 nitrogen and oxygen atoms in total. The standard InChI is InChI=1S/C45H27N5O/c1-3-13-28(14-4-1)43-46-44(29-23-24-33-32-18-9-12-22-39(32)51-40(33)27-29)48-45(47-43)50-37-21-11-8-19-35(37)41-38(50)26-25-34-31-17-7-10-20-36(31)49(42(34)41)30-15-5-2-6-16-30/h1-27H/i2D,5D,6D,7D,8D,10D,11D,15D,16D,17D,19D,20D,21D,25D,26D. The van der Waals surface area contributed by atoms with E-state index in [1.165, 1.54) is 4.57 Å². The van der Waals surface area contributed by atoms with Gasteiger partial charge >= 0.3 is 0 Å². The van der Waals surface area contributed by atoms with Gasteiger partial charge in [-0.2, -0.15) is 9.97 Å². The minimum absolute atomic E-state index is 0.0904. The molecule has 0 radical (unpaired) electrons. The lowest BCUT2D eigenvalue weighted by Gasteiger charge is -2.11. The molecule has 0 fully saturated rings. The van der Waals surface area contributed by atoms with Crippen molar-refractivity contribution in [2.45, 2.75) is 0 Å². The van der Waals surface area contributed by atoms with Gasteiger partial charge in [0.05, 0.1) is 42.6 Å². The van der Waals surface area contributed by atoms with Gasteiger partial charge in [0.1, 0.15) is 11.2 Å². The fourth-order valence-electron chi connectivity index (χ4n) is 6.78. The smallest absolute Gasteiger partial charge is 0.238 e. The van der Waals surface area contributed by atoms with Crippen molar-refractivity contribution >= 4 is 65.6 Å². The van der Waals surface area contributed by atoms with Crippen LogP contribution in [0, 0.1) is 0 Å². The van der Waals surface area contributed by atoms with Crippen LogP contribution in [0.25, 0.3) is 100.0 Å². The minimum Gasteiger partial charge on any atom is -0.456 e. The van der Waals surface area contributed by atoms with E-state index >= 15 is 0 Å². The molecule has 11 aromatic rings. The molecule has 0 aliphatic heterocycles. The van der Waals surface area contributed by atoms with Crippen molar-refractivity contribution in [2.24, 2.45) is 0 Å². The van der Waals surface area contributed by atoms with Gasteiger partial charge < -0.3 is 8.98 Å². The second-order valence-corrected chi connectivity index (χ2v) is 11.7. The Morgan fingerprint density at radius 2 is 1.16 bits per heavy atom. The average Bonchev–Trinajstić information content (AvgIpc) is 4.00. The van der Waals surface area contributed by atoms with Gasteiger partial charge in [0, 0.05) is 49.1 Å². The third kappa shape index (κ3) is 4.14. The Kier molecular flexibility index (Phi) is 3.59. The molecule has 11 rings (SSSR count). The van der Waals surface area contributed by atoms with Crippen LogP contribution in [0.2, 0.25) is 0 Å². The van der Waals surface area contributed by atoms with Gasteiger partial charge in [0.15, 0.2) is 11.6 Å². The highest BCUT2D eigenvalue weighted by atomic mass is 16.3. The quantitative estimate of drug-likeness (QED) is 0.187. The van der Waals surface area contributed by atoms with Crippen molar-refractivity contribution in [3.63, 3.8) is 0 Å². The van der Waals surface area contributed by atoms with Gasteiger partial charge in [-0.05, 0) is 48.4 Å². The predicted molar refractivity (Wildman–Crippen MR) is 207 cm³/mol. The first kappa shape index (κ1) is 17.1. The van der Waals surface area contributed by atoms with Gasteiger partial charge in [0.2, 0.25) is 5.95 Å². The number of aromatic nitrogens is 5. The summed E-state index contributed by atoms with van der Waals surface area (Å²) in [6, 6.07) is 11.2. The molecule has 0 bridgehead atoms. The highest BCUT2D eigenvalue weighted by Crippen LogP contribution is 2.42. The molecular weight excluding hydrogens is 627 g/mol. The first-order valence-electron chi connectivity index (χ1n) is 23.3. The second kappa shape index (κ2) is 10.7. The summed E-state index contributed by atoms with van der Waals surface area (Å²) in [5.74, 6) is -0.0464. The Labute approximate surface area is 312 Å². The maximum Gasteiger partial charge on any atom is 0.238 e. The third-order valence-corrected chi connectivity index (χ3v) is 8.95. The molecule has 0 saturated carbocycles. The Balaban J connectivity index is 1.38. The number of para-hydroxylation sites is 4. The lowest BCUT2D eigenvalue weighted by Crippen LogP contribution is -2.06. The van der Waals surface area contributed by atoms with E-state index in [4.69, 9.17) is 33.1 Å². The normalized spacial score (nSPS) is 16.0. The van der Waals surface area contributed by atoms with Crippen LogP contribution in [-0.4, -0.2) is 24.1 Å². The van der Waals surface area contributed by atoms with Gasteiger partial charge in [-0.25, -0.2) is 4.98 Å². The second-order valence-electron chi connectivity index (χ2n) is 11.7. The van der Waals surface area contributed by atoms with E-state index in [-0.39, 0.29) is 55.7 Å². The zero-order chi connectivity index (χ0) is 46.5. The highest BCUT2D eigenvalue weighted by Gasteiger charge is 2.23. The maximum absolute atomic E-state index is 9.74. The number of hydrogen-bond donors (Lipinski definition) is 0. The van der Waals surface area contributed by atoms with Crippen molar-refractivity contribution in [3.05, 3.63) is 163 Å². The summed E-state index contributed by atoms with van der Waals surface area (Å²) in [7, 11) is 0. The maximum atomic E-state index is 9.74. The van der Waals surface area contributed by atoms with Crippen molar-refractivity contribution < 1.29 is 25.0 Å². The summed E-state index contributed by atoms with van der Waals surface area (Å²) in [5.41, 5.74) is 0.370. The largest absolute Gasteiger partial charge is 0.456 e. The summed E-state index contributed by atoms with van der Waals surface area (Å²) < 4.78 is 144. The number of fused-ring (bicyclic) bond motifs is 10. The first-order chi connectivity index (χ1) is 31.5. The van der Waals surface area contributed by atoms with Crippen LogP contribution >= 0.6 is 0 Å². The number of furan rings is 1. The highest BCUT2D eigenvalue weighted by molar-refractivity contribution is 6.26. The lowest BCUT2D eigenvalue weighted by atomic mass is 10.1. The number of rotatable bonds is 4. The summed E-state index contributed by atoms with van der Waals surface area (Å²) in [6.45, 7) is 0. The SMILES string of the molecule is [2H]c1c([2H])c([2H])c(-n2c3c([2H])c([2H])c([2H])c([2H])c3c3c([2H])c([2H])c4c(c5c([2H])c([2H])c([2H])c([2H])c5n4-c4nc(-c5ccccc5)nc(-c5ccc6c(c5)oc5ccccc56)n4)c32)c([2H])c1[2H]. The minimum atomic E-state index is -0.780. The molecule has 0 unspecified atom stereocenters. The van der Waals surface area contributed by atoms with Crippen molar-refractivity contribution in [1.82, 2.24) is 24.1 Å². The Bertz CT molecular complexity index is 3990. The topological polar surface area (TPSA) is 61.7 Å². The van der Waals surface area contributed by atoms with Gasteiger partial charge in [0.25, 0.3) is 0 Å². The number of hydrogen-bond acceptors (Lipinski definition) is 4. The van der Waals surface area contributed by atoms with Crippen LogP contribution in [0.1, 0.15) is 20.6 Å². The molecule has 0 aliphatic rings. The van der Waals surface area contributed by atoms with E-state index in [1.54, 1.807) is 42.5 Å². The van der Waals surface area contributed by atoms with Gasteiger partial charge in [-0.3, -0.25) is 4.57 Å². The van der Waals surface area contributed by atoms with E-state index in [0.29, 0.717) is 22.3 Å². The summed E-state index contributed by atoms with van der Waals surface area (Å²) in [4.78, 5) is 14.6. The number of benzene rings is 7. The van der Waals surface area contributed by atoms with E-state index in [0.717, 1.165) is 15.3 Å². The van der Waals surface area contributed by atoms with Crippen LogP contribution in [0.4, 0.5) is 0 Å². The molecule has 0 saturated heterocycles.